The second kappa shape index (κ2) is 6.58. The van der Waals surface area contributed by atoms with E-state index in [9.17, 15) is 9.90 Å². The molecule has 3 fully saturated rings. The van der Waals surface area contributed by atoms with Crippen LogP contribution in [0.1, 0.15) is 42.7 Å². The molecule has 2 aliphatic heterocycles. The molecule has 0 radical (unpaired) electrons. The lowest BCUT2D eigenvalue weighted by atomic mass is 9.74. The number of carbonyl (C=O) groups excluding carboxylic acids is 1. The summed E-state index contributed by atoms with van der Waals surface area (Å²) in [7, 11) is 0. The molecule has 4 heteroatoms. The van der Waals surface area contributed by atoms with Crippen LogP contribution < -0.4 is 5.32 Å². The molecule has 2 N–H and O–H groups in total. The summed E-state index contributed by atoms with van der Waals surface area (Å²) >= 11 is 0. The van der Waals surface area contributed by atoms with Gasteiger partial charge in [-0.2, -0.15) is 0 Å². The maximum atomic E-state index is 12.0. The number of benzene rings is 1. The van der Waals surface area contributed by atoms with Gasteiger partial charge in [0.25, 0.3) is 0 Å². The average Bonchev–Trinajstić information content (AvgIpc) is 3.10. The Hall–Kier alpha value is -1.83. The second-order valence-electron chi connectivity index (χ2n) is 7.15. The maximum Gasteiger partial charge on any atom is 0.237 e. The zero-order chi connectivity index (χ0) is 16.5. The first-order valence-corrected chi connectivity index (χ1v) is 9.02. The van der Waals surface area contributed by atoms with Crippen LogP contribution in [0.2, 0.25) is 0 Å². The van der Waals surface area contributed by atoms with Crippen LogP contribution in [0.5, 0.6) is 0 Å². The Bertz CT molecular complexity index is 661. The first-order chi connectivity index (χ1) is 11.8. The van der Waals surface area contributed by atoms with Gasteiger partial charge in [0.15, 0.2) is 0 Å². The van der Waals surface area contributed by atoms with Crippen LogP contribution >= 0.6 is 0 Å². The number of piperazine rings is 1. The van der Waals surface area contributed by atoms with E-state index in [1.807, 2.05) is 4.90 Å². The van der Waals surface area contributed by atoms with Crippen molar-refractivity contribution in [3.63, 3.8) is 0 Å². The van der Waals surface area contributed by atoms with Crippen molar-refractivity contribution in [1.29, 1.82) is 0 Å². The average molecular weight is 324 g/mol. The van der Waals surface area contributed by atoms with E-state index in [0.29, 0.717) is 12.5 Å². The monoisotopic (exact) mass is 324 g/mol. The van der Waals surface area contributed by atoms with Crippen LogP contribution in [0.4, 0.5) is 0 Å². The summed E-state index contributed by atoms with van der Waals surface area (Å²) in [5.41, 5.74) is 2.25. The van der Waals surface area contributed by atoms with Crippen molar-refractivity contribution in [3.8, 4) is 11.8 Å². The molecule has 0 spiro atoms. The Labute approximate surface area is 143 Å². The number of carbonyl (C=O) groups is 1. The topological polar surface area (TPSA) is 52.6 Å². The van der Waals surface area contributed by atoms with Gasteiger partial charge in [-0.05, 0) is 30.5 Å². The molecule has 1 aromatic rings. The van der Waals surface area contributed by atoms with Crippen LogP contribution in [0.3, 0.4) is 0 Å². The van der Waals surface area contributed by atoms with Crippen molar-refractivity contribution in [1.82, 2.24) is 10.2 Å². The Morgan fingerprint density at radius 3 is 2.67 bits per heavy atom. The van der Waals surface area contributed by atoms with Crippen LogP contribution in [-0.4, -0.2) is 47.7 Å². The van der Waals surface area contributed by atoms with E-state index in [1.165, 1.54) is 31.2 Å². The first-order valence-electron chi connectivity index (χ1n) is 9.02. The molecule has 0 unspecified atom stereocenters. The van der Waals surface area contributed by atoms with Gasteiger partial charge < -0.3 is 15.3 Å². The summed E-state index contributed by atoms with van der Waals surface area (Å²) < 4.78 is 0. The second-order valence-corrected chi connectivity index (χ2v) is 7.15. The number of aliphatic hydroxyl groups excluding tert-OH is 1. The lowest BCUT2D eigenvalue weighted by molar-refractivity contribution is -0.153. The fourth-order valence-electron chi connectivity index (χ4n) is 4.45. The van der Waals surface area contributed by atoms with E-state index in [2.05, 4.69) is 41.4 Å². The normalized spacial score (nSPS) is 29.6. The molecule has 2 saturated heterocycles. The molecule has 24 heavy (non-hydrogen) atoms. The highest BCUT2D eigenvalue weighted by Gasteiger charge is 2.52. The number of hydrogen-bond acceptors (Lipinski definition) is 3. The molecule has 4 nitrogen and oxygen atoms in total. The minimum Gasteiger partial charge on any atom is -0.394 e. The number of nitrogens with zero attached hydrogens (tertiary/aromatic N) is 1. The summed E-state index contributed by atoms with van der Waals surface area (Å²) in [5, 5.41) is 12.9. The number of rotatable bonds is 2. The molecule has 1 aromatic carbocycles. The molecule has 1 saturated carbocycles. The maximum absolute atomic E-state index is 12.0. The van der Waals surface area contributed by atoms with Crippen molar-refractivity contribution in [2.45, 2.75) is 43.7 Å². The molecule has 1 amide bonds. The van der Waals surface area contributed by atoms with Crippen molar-refractivity contribution >= 4 is 5.91 Å². The van der Waals surface area contributed by atoms with Gasteiger partial charge in [0.2, 0.25) is 5.91 Å². The van der Waals surface area contributed by atoms with Crippen LogP contribution in [0.15, 0.2) is 24.3 Å². The number of aliphatic hydroxyl groups is 1. The van der Waals surface area contributed by atoms with Gasteiger partial charge in [-0.1, -0.05) is 36.8 Å². The summed E-state index contributed by atoms with van der Waals surface area (Å²) in [6, 6.07) is 8.46. The zero-order valence-electron chi connectivity index (χ0n) is 13.9. The molecular formula is C20H24N2O2. The molecular weight excluding hydrogens is 300 g/mol. The Balaban J connectivity index is 1.49. The lowest BCUT2D eigenvalue weighted by Crippen LogP contribution is -2.72. The third-order valence-corrected chi connectivity index (χ3v) is 5.72. The van der Waals surface area contributed by atoms with Crippen LogP contribution in [-0.2, 0) is 4.79 Å². The zero-order valence-corrected chi connectivity index (χ0v) is 13.9. The Morgan fingerprint density at radius 2 is 1.96 bits per heavy atom. The first kappa shape index (κ1) is 15.7. The van der Waals surface area contributed by atoms with E-state index in [4.69, 9.17) is 0 Å². The molecule has 3 aliphatic rings. The standard InChI is InChI=1S/C20H24N2O2/c23-13-18-20(17-11-21-12-19(24)22(17)18)16-9-7-15(8-10-16)6-5-14-3-1-2-4-14/h7-10,14,17-18,20-21,23H,1-4,11-13H2/t17-,18+,20+/m0/s1. The molecule has 2 heterocycles. The van der Waals surface area contributed by atoms with Gasteiger partial charge in [-0.25, -0.2) is 0 Å². The molecule has 1 aliphatic carbocycles. The molecule has 4 rings (SSSR count). The summed E-state index contributed by atoms with van der Waals surface area (Å²) in [6.45, 7) is 1.21. The van der Waals surface area contributed by atoms with Crippen molar-refractivity contribution in [3.05, 3.63) is 35.4 Å². The fourth-order valence-corrected chi connectivity index (χ4v) is 4.45. The van der Waals surface area contributed by atoms with Gasteiger partial charge in [-0.3, -0.25) is 4.79 Å². The van der Waals surface area contributed by atoms with Gasteiger partial charge in [0.1, 0.15) is 0 Å². The van der Waals surface area contributed by atoms with Crippen molar-refractivity contribution in [2.75, 3.05) is 19.7 Å². The van der Waals surface area contributed by atoms with Gasteiger partial charge in [0.05, 0.1) is 25.2 Å². The highest BCUT2D eigenvalue weighted by Crippen LogP contribution is 2.41. The minimum absolute atomic E-state index is 0.0240. The fraction of sp³-hybridized carbons (Fsp3) is 0.550. The molecule has 126 valence electrons. The number of nitrogens with one attached hydrogen (secondary N) is 1. The van der Waals surface area contributed by atoms with Gasteiger partial charge in [-0.15, -0.1) is 0 Å². The minimum atomic E-state index is -0.0833. The molecule has 0 bridgehead atoms. The van der Waals surface area contributed by atoms with Crippen LogP contribution in [0, 0.1) is 17.8 Å². The summed E-state index contributed by atoms with van der Waals surface area (Å²) in [4.78, 5) is 13.9. The van der Waals surface area contributed by atoms with E-state index >= 15 is 0 Å². The third-order valence-electron chi connectivity index (χ3n) is 5.72. The Morgan fingerprint density at radius 1 is 1.21 bits per heavy atom. The van der Waals surface area contributed by atoms with Gasteiger partial charge in [0, 0.05) is 23.9 Å². The van der Waals surface area contributed by atoms with E-state index in [-0.39, 0.29) is 30.5 Å². The largest absolute Gasteiger partial charge is 0.394 e. The molecule has 0 aromatic heterocycles. The summed E-state index contributed by atoms with van der Waals surface area (Å²) in [6.07, 6.45) is 5.11. The summed E-state index contributed by atoms with van der Waals surface area (Å²) in [5.74, 6) is 7.58. The van der Waals surface area contributed by atoms with E-state index in [1.54, 1.807) is 0 Å². The predicted molar refractivity (Wildman–Crippen MR) is 92.4 cm³/mol. The number of fused-ring (bicyclic) bond motifs is 1. The highest BCUT2D eigenvalue weighted by atomic mass is 16.3. The lowest BCUT2D eigenvalue weighted by Gasteiger charge is -2.57. The predicted octanol–water partition coefficient (Wildman–Crippen LogP) is 1.49. The Kier molecular flexibility index (Phi) is 4.30. The third kappa shape index (κ3) is 2.72. The van der Waals surface area contributed by atoms with Gasteiger partial charge >= 0.3 is 0 Å². The van der Waals surface area contributed by atoms with E-state index < -0.39 is 0 Å². The van der Waals surface area contributed by atoms with Crippen molar-refractivity contribution < 1.29 is 9.90 Å². The van der Waals surface area contributed by atoms with E-state index in [0.717, 1.165) is 12.1 Å². The highest BCUT2D eigenvalue weighted by molar-refractivity contribution is 5.81. The van der Waals surface area contributed by atoms with Crippen LogP contribution in [0.25, 0.3) is 0 Å². The van der Waals surface area contributed by atoms with Crippen molar-refractivity contribution in [2.24, 2.45) is 5.92 Å². The SMILES string of the molecule is O=C1CNC[C@H]2[C@@H](c3ccc(C#CC4CCCC4)cc3)[C@@H](CO)N12. The number of amides is 1. The quantitative estimate of drug-likeness (QED) is 0.811. The molecule has 3 atom stereocenters. The smallest absolute Gasteiger partial charge is 0.237 e. The number of hydrogen-bond donors (Lipinski definition) is 2.